The van der Waals surface area contributed by atoms with Crippen LogP contribution in [0, 0.1) is 12.7 Å². The molecule has 6 heteroatoms. The summed E-state index contributed by atoms with van der Waals surface area (Å²) < 4.78 is 13.0. The normalized spacial score (nSPS) is 14.3. The van der Waals surface area contributed by atoms with Gasteiger partial charge in [0.25, 0.3) is 0 Å². The van der Waals surface area contributed by atoms with Gasteiger partial charge in [0, 0.05) is 43.9 Å². The van der Waals surface area contributed by atoms with Crippen LogP contribution in [0.4, 0.5) is 10.2 Å². The fourth-order valence-corrected chi connectivity index (χ4v) is 3.47. The molecular weight excluding hydrogens is 379 g/mol. The molecule has 0 spiro atoms. The number of carbonyl (C=O) groups excluding carboxylic acids is 1. The van der Waals surface area contributed by atoms with E-state index in [9.17, 15) is 9.18 Å². The minimum absolute atomic E-state index is 0.0391. The highest BCUT2D eigenvalue weighted by atomic mass is 19.1. The molecule has 1 amide bonds. The maximum atomic E-state index is 13.0. The largest absolute Gasteiger partial charge is 0.353 e. The second-order valence-corrected chi connectivity index (χ2v) is 7.22. The number of nitrogens with zero attached hydrogens (tertiary/aromatic N) is 4. The first-order valence-electron chi connectivity index (χ1n) is 9.97. The second kappa shape index (κ2) is 8.86. The van der Waals surface area contributed by atoms with Crippen LogP contribution in [0.15, 0.2) is 66.7 Å². The fraction of sp³-hybridized carbons (Fsp3) is 0.208. The van der Waals surface area contributed by atoms with Crippen molar-refractivity contribution in [3.8, 4) is 11.3 Å². The number of hydrogen-bond acceptors (Lipinski definition) is 4. The van der Waals surface area contributed by atoms with Crippen molar-refractivity contribution in [3.63, 3.8) is 0 Å². The lowest BCUT2D eigenvalue weighted by Crippen LogP contribution is -2.48. The zero-order valence-corrected chi connectivity index (χ0v) is 16.8. The van der Waals surface area contributed by atoms with E-state index in [1.54, 1.807) is 24.3 Å². The Bertz CT molecular complexity index is 1040. The molecule has 1 aliphatic rings. The predicted octanol–water partition coefficient (Wildman–Crippen LogP) is 3.95. The van der Waals surface area contributed by atoms with Gasteiger partial charge in [0.05, 0.1) is 5.69 Å². The van der Waals surface area contributed by atoms with E-state index in [2.05, 4.69) is 14.9 Å². The molecule has 0 atom stereocenters. The standard InChI is InChI=1S/C24H23FN4O/c1-18-26-22(20-5-3-2-4-6-20)17-23(27-18)28-13-15-29(16-14-28)24(30)12-9-19-7-10-21(25)11-8-19/h2-12,17H,13-16H2,1H3/b12-9+. The minimum atomic E-state index is -0.287. The molecule has 30 heavy (non-hydrogen) atoms. The monoisotopic (exact) mass is 402 g/mol. The fourth-order valence-electron chi connectivity index (χ4n) is 3.47. The number of aromatic nitrogens is 2. The van der Waals surface area contributed by atoms with Crippen molar-refractivity contribution in [2.45, 2.75) is 6.92 Å². The molecule has 0 saturated carbocycles. The molecule has 0 aliphatic carbocycles. The van der Waals surface area contributed by atoms with Crippen LogP contribution in [-0.4, -0.2) is 47.0 Å². The van der Waals surface area contributed by atoms with Crippen LogP contribution in [0.5, 0.6) is 0 Å². The third-order valence-electron chi connectivity index (χ3n) is 5.10. The van der Waals surface area contributed by atoms with E-state index in [1.165, 1.54) is 12.1 Å². The van der Waals surface area contributed by atoms with Gasteiger partial charge in [-0.15, -0.1) is 0 Å². The van der Waals surface area contributed by atoms with Crippen LogP contribution < -0.4 is 4.90 Å². The number of piperazine rings is 1. The molecule has 1 saturated heterocycles. The molecule has 4 rings (SSSR count). The number of rotatable bonds is 4. The van der Waals surface area contributed by atoms with E-state index in [0.29, 0.717) is 26.2 Å². The molecular formula is C24H23FN4O. The summed E-state index contributed by atoms with van der Waals surface area (Å²) in [6.45, 7) is 4.56. The van der Waals surface area contributed by atoms with Crippen molar-refractivity contribution < 1.29 is 9.18 Å². The zero-order valence-electron chi connectivity index (χ0n) is 16.8. The van der Waals surface area contributed by atoms with Gasteiger partial charge in [-0.3, -0.25) is 4.79 Å². The number of hydrogen-bond donors (Lipinski definition) is 0. The van der Waals surface area contributed by atoms with Gasteiger partial charge in [-0.05, 0) is 30.7 Å². The van der Waals surface area contributed by atoms with Crippen molar-refractivity contribution >= 4 is 17.8 Å². The molecule has 1 aromatic heterocycles. The van der Waals surface area contributed by atoms with Gasteiger partial charge < -0.3 is 9.80 Å². The van der Waals surface area contributed by atoms with E-state index < -0.39 is 0 Å². The Hall–Kier alpha value is -3.54. The van der Waals surface area contributed by atoms with Gasteiger partial charge in [0.1, 0.15) is 17.5 Å². The highest BCUT2D eigenvalue weighted by Gasteiger charge is 2.21. The molecule has 0 N–H and O–H groups in total. The molecule has 1 fully saturated rings. The number of amides is 1. The van der Waals surface area contributed by atoms with E-state index in [-0.39, 0.29) is 11.7 Å². The topological polar surface area (TPSA) is 49.3 Å². The molecule has 2 heterocycles. The summed E-state index contributed by atoms with van der Waals surface area (Å²) in [5.41, 5.74) is 2.76. The van der Waals surface area contributed by atoms with Crippen molar-refractivity contribution in [2.75, 3.05) is 31.1 Å². The first-order chi connectivity index (χ1) is 14.6. The van der Waals surface area contributed by atoms with Gasteiger partial charge in [-0.25, -0.2) is 14.4 Å². The van der Waals surface area contributed by atoms with Crippen molar-refractivity contribution in [1.29, 1.82) is 0 Å². The average molecular weight is 402 g/mol. The summed E-state index contributed by atoms with van der Waals surface area (Å²) in [6, 6.07) is 18.1. The number of carbonyl (C=O) groups is 1. The Morgan fingerprint density at radius 3 is 2.37 bits per heavy atom. The van der Waals surface area contributed by atoms with Crippen LogP contribution in [0.25, 0.3) is 17.3 Å². The smallest absolute Gasteiger partial charge is 0.246 e. The lowest BCUT2D eigenvalue weighted by Gasteiger charge is -2.35. The van der Waals surface area contributed by atoms with Crippen molar-refractivity contribution in [3.05, 3.63) is 83.9 Å². The number of aryl methyl sites for hydroxylation is 1. The van der Waals surface area contributed by atoms with E-state index in [4.69, 9.17) is 0 Å². The Morgan fingerprint density at radius 1 is 0.967 bits per heavy atom. The third kappa shape index (κ3) is 4.71. The Labute approximate surface area is 175 Å². The SMILES string of the molecule is Cc1nc(-c2ccccc2)cc(N2CCN(C(=O)/C=C/c3ccc(F)cc3)CC2)n1. The number of halogens is 1. The van der Waals surface area contributed by atoms with Crippen molar-refractivity contribution in [1.82, 2.24) is 14.9 Å². The third-order valence-corrected chi connectivity index (χ3v) is 5.10. The van der Waals surface area contributed by atoms with Gasteiger partial charge >= 0.3 is 0 Å². The summed E-state index contributed by atoms with van der Waals surface area (Å²) in [5, 5.41) is 0. The second-order valence-electron chi connectivity index (χ2n) is 7.22. The molecule has 0 bridgehead atoms. The van der Waals surface area contributed by atoms with Crippen LogP contribution in [-0.2, 0) is 4.79 Å². The summed E-state index contributed by atoms with van der Waals surface area (Å²) in [6.07, 6.45) is 3.26. The van der Waals surface area contributed by atoms with Gasteiger partial charge in [-0.2, -0.15) is 0 Å². The lowest BCUT2D eigenvalue weighted by molar-refractivity contribution is -0.126. The highest BCUT2D eigenvalue weighted by Crippen LogP contribution is 2.22. The van der Waals surface area contributed by atoms with E-state index in [1.807, 2.05) is 48.2 Å². The molecule has 0 radical (unpaired) electrons. The average Bonchev–Trinajstić information content (AvgIpc) is 2.79. The Balaban J connectivity index is 1.40. The summed E-state index contributed by atoms with van der Waals surface area (Å²) in [5.74, 6) is 1.29. The highest BCUT2D eigenvalue weighted by molar-refractivity contribution is 5.92. The summed E-state index contributed by atoms with van der Waals surface area (Å²) >= 11 is 0. The first-order valence-corrected chi connectivity index (χ1v) is 9.97. The molecule has 5 nitrogen and oxygen atoms in total. The van der Waals surface area contributed by atoms with Gasteiger partial charge in [-0.1, -0.05) is 42.5 Å². The Morgan fingerprint density at radius 2 is 1.67 bits per heavy atom. The molecule has 0 unspecified atom stereocenters. The van der Waals surface area contributed by atoms with Gasteiger partial charge in [0.2, 0.25) is 5.91 Å². The Kier molecular flexibility index (Phi) is 5.84. The maximum Gasteiger partial charge on any atom is 0.246 e. The zero-order chi connectivity index (χ0) is 20.9. The first kappa shape index (κ1) is 19.8. The predicted molar refractivity (Wildman–Crippen MR) is 116 cm³/mol. The summed E-state index contributed by atoms with van der Waals surface area (Å²) in [4.78, 5) is 25.7. The van der Waals surface area contributed by atoms with E-state index in [0.717, 1.165) is 28.5 Å². The lowest BCUT2D eigenvalue weighted by atomic mass is 10.1. The van der Waals surface area contributed by atoms with Crippen LogP contribution >= 0.6 is 0 Å². The molecule has 152 valence electrons. The number of benzene rings is 2. The maximum absolute atomic E-state index is 13.0. The molecule has 2 aromatic carbocycles. The van der Waals surface area contributed by atoms with Gasteiger partial charge in [0.15, 0.2) is 0 Å². The molecule has 1 aliphatic heterocycles. The molecule has 3 aromatic rings. The van der Waals surface area contributed by atoms with Crippen molar-refractivity contribution in [2.24, 2.45) is 0 Å². The minimum Gasteiger partial charge on any atom is -0.353 e. The number of anilines is 1. The summed E-state index contributed by atoms with van der Waals surface area (Å²) in [7, 11) is 0. The van der Waals surface area contributed by atoms with E-state index >= 15 is 0 Å². The van der Waals surface area contributed by atoms with Crippen LogP contribution in [0.2, 0.25) is 0 Å². The van der Waals surface area contributed by atoms with Crippen LogP contribution in [0.3, 0.4) is 0 Å². The quantitative estimate of drug-likeness (QED) is 0.620. The van der Waals surface area contributed by atoms with Crippen LogP contribution in [0.1, 0.15) is 11.4 Å².